The van der Waals surface area contributed by atoms with E-state index >= 15 is 0 Å². The van der Waals surface area contributed by atoms with E-state index in [2.05, 4.69) is 15.3 Å². The third kappa shape index (κ3) is 2.79. The number of amides is 1. The quantitative estimate of drug-likeness (QED) is 0.677. The van der Waals surface area contributed by atoms with E-state index in [1.807, 2.05) is 38.1 Å². The number of thioether (sulfide) groups is 1. The van der Waals surface area contributed by atoms with Crippen molar-refractivity contribution in [1.29, 1.82) is 0 Å². The number of aromatic nitrogens is 2. The zero-order chi connectivity index (χ0) is 13.0. The Morgan fingerprint density at radius 1 is 1.39 bits per heavy atom. The van der Waals surface area contributed by atoms with E-state index in [0.717, 1.165) is 15.9 Å². The third-order valence-electron chi connectivity index (χ3n) is 2.51. The van der Waals surface area contributed by atoms with Gasteiger partial charge in [-0.25, -0.2) is 9.97 Å². The predicted octanol–water partition coefficient (Wildman–Crippen LogP) is 2.25. The van der Waals surface area contributed by atoms with Gasteiger partial charge in [0.1, 0.15) is 11.4 Å². The van der Waals surface area contributed by atoms with Crippen molar-refractivity contribution in [2.75, 3.05) is 6.54 Å². The molecule has 4 nitrogen and oxygen atoms in total. The van der Waals surface area contributed by atoms with Crippen LogP contribution in [0.15, 0.2) is 35.6 Å². The second kappa shape index (κ2) is 5.82. The van der Waals surface area contributed by atoms with Crippen molar-refractivity contribution in [3.05, 3.63) is 30.6 Å². The zero-order valence-corrected chi connectivity index (χ0v) is 11.2. The van der Waals surface area contributed by atoms with Crippen molar-refractivity contribution < 1.29 is 4.79 Å². The van der Waals surface area contributed by atoms with Gasteiger partial charge < -0.3 is 5.32 Å². The normalized spacial score (nSPS) is 12.3. The summed E-state index contributed by atoms with van der Waals surface area (Å²) in [6.45, 7) is 4.44. The van der Waals surface area contributed by atoms with Gasteiger partial charge in [-0.3, -0.25) is 4.79 Å². The molecule has 1 atom stereocenters. The predicted molar refractivity (Wildman–Crippen MR) is 73.5 cm³/mol. The first-order valence-electron chi connectivity index (χ1n) is 5.86. The van der Waals surface area contributed by atoms with Gasteiger partial charge in [0.2, 0.25) is 5.91 Å². The number of carbonyl (C=O) groups excluding carboxylic acids is 1. The highest BCUT2D eigenvalue weighted by Crippen LogP contribution is 2.27. The first kappa shape index (κ1) is 12.8. The standard InChI is InChI=1S/C13H15N3OS/c1-3-14-12(17)9(2)18-13-10-6-4-5-7-11(10)15-8-16-13/h4-9H,3H2,1-2H3,(H,14,17)/t9-/m1/s1. The summed E-state index contributed by atoms with van der Waals surface area (Å²) >= 11 is 1.46. The first-order valence-corrected chi connectivity index (χ1v) is 6.74. The Kier molecular flexibility index (Phi) is 4.15. The summed E-state index contributed by atoms with van der Waals surface area (Å²) in [5, 5.41) is 4.48. The Morgan fingerprint density at radius 3 is 2.94 bits per heavy atom. The van der Waals surface area contributed by atoms with Gasteiger partial charge in [-0.15, -0.1) is 0 Å². The van der Waals surface area contributed by atoms with Crippen molar-refractivity contribution >= 4 is 28.6 Å². The van der Waals surface area contributed by atoms with E-state index in [-0.39, 0.29) is 11.2 Å². The minimum absolute atomic E-state index is 0.0326. The highest BCUT2D eigenvalue weighted by atomic mass is 32.2. The van der Waals surface area contributed by atoms with E-state index in [9.17, 15) is 4.79 Å². The minimum atomic E-state index is -0.164. The van der Waals surface area contributed by atoms with Crippen LogP contribution in [0, 0.1) is 0 Å². The molecule has 0 aliphatic heterocycles. The summed E-state index contributed by atoms with van der Waals surface area (Å²) in [7, 11) is 0. The van der Waals surface area contributed by atoms with Crippen LogP contribution in [0.5, 0.6) is 0 Å². The minimum Gasteiger partial charge on any atom is -0.355 e. The van der Waals surface area contributed by atoms with Crippen molar-refractivity contribution in [3.63, 3.8) is 0 Å². The summed E-state index contributed by atoms with van der Waals surface area (Å²) < 4.78 is 0. The summed E-state index contributed by atoms with van der Waals surface area (Å²) in [5.41, 5.74) is 0.901. The fraction of sp³-hybridized carbons (Fsp3) is 0.308. The smallest absolute Gasteiger partial charge is 0.233 e. The van der Waals surface area contributed by atoms with Crippen molar-refractivity contribution in [3.8, 4) is 0 Å². The number of hydrogen-bond donors (Lipinski definition) is 1. The van der Waals surface area contributed by atoms with E-state index in [1.54, 1.807) is 0 Å². The SMILES string of the molecule is CCNC(=O)[C@@H](C)Sc1ncnc2ccccc12. The molecular formula is C13H15N3OS. The highest BCUT2D eigenvalue weighted by molar-refractivity contribution is 8.00. The van der Waals surface area contributed by atoms with E-state index in [0.29, 0.717) is 6.54 Å². The van der Waals surface area contributed by atoms with Crippen molar-refractivity contribution in [2.45, 2.75) is 24.1 Å². The molecule has 0 aliphatic rings. The van der Waals surface area contributed by atoms with Crippen LogP contribution in [0.4, 0.5) is 0 Å². The van der Waals surface area contributed by atoms with Gasteiger partial charge >= 0.3 is 0 Å². The average molecular weight is 261 g/mol. The number of fused-ring (bicyclic) bond motifs is 1. The second-order valence-electron chi connectivity index (χ2n) is 3.85. The van der Waals surface area contributed by atoms with Crippen LogP contribution < -0.4 is 5.32 Å². The van der Waals surface area contributed by atoms with Crippen LogP contribution in [-0.2, 0) is 4.79 Å². The van der Waals surface area contributed by atoms with Crippen LogP contribution in [0.25, 0.3) is 10.9 Å². The number of rotatable bonds is 4. The molecule has 1 N–H and O–H groups in total. The Hall–Kier alpha value is -1.62. The third-order valence-corrected chi connectivity index (χ3v) is 3.63. The fourth-order valence-corrected chi connectivity index (χ4v) is 2.55. The number of nitrogens with zero attached hydrogens (tertiary/aromatic N) is 2. The lowest BCUT2D eigenvalue weighted by atomic mass is 10.2. The number of carbonyl (C=O) groups is 1. The van der Waals surface area contributed by atoms with Gasteiger partial charge in [0.15, 0.2) is 0 Å². The number of nitrogens with one attached hydrogen (secondary N) is 1. The first-order chi connectivity index (χ1) is 8.72. The molecule has 5 heteroatoms. The monoisotopic (exact) mass is 261 g/mol. The van der Waals surface area contributed by atoms with Gasteiger partial charge in [0.25, 0.3) is 0 Å². The zero-order valence-electron chi connectivity index (χ0n) is 10.4. The molecule has 1 aromatic heterocycles. The van der Waals surface area contributed by atoms with E-state index in [1.165, 1.54) is 18.1 Å². The Bertz CT molecular complexity index is 553. The van der Waals surface area contributed by atoms with Gasteiger partial charge in [-0.05, 0) is 19.9 Å². The second-order valence-corrected chi connectivity index (χ2v) is 5.18. The highest BCUT2D eigenvalue weighted by Gasteiger charge is 2.15. The molecule has 0 saturated heterocycles. The maximum Gasteiger partial charge on any atom is 0.233 e. The van der Waals surface area contributed by atoms with Crippen LogP contribution in [-0.4, -0.2) is 27.7 Å². The Morgan fingerprint density at radius 2 is 2.17 bits per heavy atom. The Balaban J connectivity index is 2.24. The summed E-state index contributed by atoms with van der Waals surface area (Å²) in [6.07, 6.45) is 1.54. The molecule has 1 aromatic carbocycles. The molecule has 0 spiro atoms. The number of benzene rings is 1. The molecular weight excluding hydrogens is 246 g/mol. The molecule has 1 amide bonds. The average Bonchev–Trinajstić information content (AvgIpc) is 2.39. The molecule has 0 radical (unpaired) electrons. The molecule has 94 valence electrons. The summed E-state index contributed by atoms with van der Waals surface area (Å²) in [6, 6.07) is 7.81. The maximum atomic E-state index is 11.7. The van der Waals surface area contributed by atoms with Crippen LogP contribution in [0.2, 0.25) is 0 Å². The largest absolute Gasteiger partial charge is 0.355 e. The molecule has 18 heavy (non-hydrogen) atoms. The molecule has 0 bridgehead atoms. The lowest BCUT2D eigenvalue weighted by molar-refractivity contribution is -0.120. The maximum absolute atomic E-state index is 11.7. The molecule has 0 saturated carbocycles. The lowest BCUT2D eigenvalue weighted by Gasteiger charge is -2.11. The number of para-hydroxylation sites is 1. The van der Waals surface area contributed by atoms with Gasteiger partial charge in [0.05, 0.1) is 10.8 Å². The van der Waals surface area contributed by atoms with E-state index < -0.39 is 0 Å². The van der Waals surface area contributed by atoms with Crippen molar-refractivity contribution in [1.82, 2.24) is 15.3 Å². The summed E-state index contributed by atoms with van der Waals surface area (Å²) in [4.78, 5) is 20.2. The molecule has 0 unspecified atom stereocenters. The fourth-order valence-electron chi connectivity index (χ4n) is 1.61. The molecule has 2 rings (SSSR count). The molecule has 1 heterocycles. The number of hydrogen-bond acceptors (Lipinski definition) is 4. The van der Waals surface area contributed by atoms with Gasteiger partial charge in [0, 0.05) is 11.9 Å². The Labute approximate surface area is 110 Å². The van der Waals surface area contributed by atoms with Crippen molar-refractivity contribution in [2.24, 2.45) is 0 Å². The molecule has 0 fully saturated rings. The van der Waals surface area contributed by atoms with E-state index in [4.69, 9.17) is 0 Å². The van der Waals surface area contributed by atoms with Crippen LogP contribution >= 0.6 is 11.8 Å². The van der Waals surface area contributed by atoms with Gasteiger partial charge in [-0.2, -0.15) is 0 Å². The van der Waals surface area contributed by atoms with Gasteiger partial charge in [-0.1, -0.05) is 30.0 Å². The van der Waals surface area contributed by atoms with Crippen LogP contribution in [0.3, 0.4) is 0 Å². The topological polar surface area (TPSA) is 54.9 Å². The van der Waals surface area contributed by atoms with Crippen LogP contribution in [0.1, 0.15) is 13.8 Å². The molecule has 0 aliphatic carbocycles. The molecule has 2 aromatic rings. The summed E-state index contributed by atoms with van der Waals surface area (Å²) in [5.74, 6) is 0.0326. The lowest BCUT2D eigenvalue weighted by Crippen LogP contribution is -2.30.